The quantitative estimate of drug-likeness (QED) is 0.799. The van der Waals surface area contributed by atoms with Crippen molar-refractivity contribution >= 4 is 5.91 Å². The minimum absolute atomic E-state index is 0.183. The largest absolute Gasteiger partial charge is 0.355 e. The number of piperidine rings is 1. The second-order valence-electron chi connectivity index (χ2n) is 8.61. The van der Waals surface area contributed by atoms with Crippen LogP contribution in [0.2, 0.25) is 0 Å². The molecule has 2 aliphatic heterocycles. The summed E-state index contributed by atoms with van der Waals surface area (Å²) in [5.41, 5.74) is 5.36. The molecule has 1 aromatic rings. The zero-order chi connectivity index (χ0) is 19.2. The van der Waals surface area contributed by atoms with E-state index < -0.39 is 0 Å². The van der Waals surface area contributed by atoms with Gasteiger partial charge in [-0.05, 0) is 89.2 Å². The molecule has 0 aromatic heterocycles. The minimum Gasteiger partial charge on any atom is -0.355 e. The first-order chi connectivity index (χ1) is 13.0. The lowest BCUT2D eigenvalue weighted by Gasteiger charge is -2.32. The van der Waals surface area contributed by atoms with E-state index in [-0.39, 0.29) is 5.91 Å². The van der Waals surface area contributed by atoms with Crippen molar-refractivity contribution in [2.75, 3.05) is 39.3 Å². The highest BCUT2D eigenvalue weighted by atomic mass is 16.2. The van der Waals surface area contributed by atoms with Crippen LogP contribution in [0.15, 0.2) is 12.1 Å². The van der Waals surface area contributed by atoms with Crippen molar-refractivity contribution in [3.63, 3.8) is 0 Å². The third kappa shape index (κ3) is 5.79. The molecule has 0 bridgehead atoms. The van der Waals surface area contributed by atoms with Crippen molar-refractivity contribution in [1.82, 2.24) is 15.1 Å². The van der Waals surface area contributed by atoms with Gasteiger partial charge in [-0.15, -0.1) is 0 Å². The van der Waals surface area contributed by atoms with E-state index in [0.717, 1.165) is 26.1 Å². The molecule has 3 rings (SSSR count). The topological polar surface area (TPSA) is 35.6 Å². The van der Waals surface area contributed by atoms with Crippen LogP contribution < -0.4 is 5.32 Å². The zero-order valence-electron chi connectivity index (χ0n) is 17.5. The maximum Gasteiger partial charge on any atom is 0.234 e. The monoisotopic (exact) mass is 371 g/mol. The van der Waals surface area contributed by atoms with E-state index in [1.165, 1.54) is 67.4 Å². The highest BCUT2D eigenvalue weighted by Gasteiger charge is 2.28. The van der Waals surface area contributed by atoms with Gasteiger partial charge in [0.05, 0.1) is 6.54 Å². The van der Waals surface area contributed by atoms with Crippen molar-refractivity contribution in [3.05, 3.63) is 34.4 Å². The first kappa shape index (κ1) is 20.3. The van der Waals surface area contributed by atoms with Crippen LogP contribution in [0.4, 0.5) is 0 Å². The van der Waals surface area contributed by atoms with Crippen LogP contribution >= 0.6 is 0 Å². The number of benzene rings is 1. The van der Waals surface area contributed by atoms with Crippen LogP contribution in [0.5, 0.6) is 0 Å². The van der Waals surface area contributed by atoms with Gasteiger partial charge in [-0.2, -0.15) is 0 Å². The molecule has 2 fully saturated rings. The van der Waals surface area contributed by atoms with E-state index in [1.54, 1.807) is 0 Å². The number of aryl methyl sites for hydroxylation is 3. The summed E-state index contributed by atoms with van der Waals surface area (Å²) in [6.07, 6.45) is 7.45. The summed E-state index contributed by atoms with van der Waals surface area (Å²) in [6, 6.07) is 5.04. The van der Waals surface area contributed by atoms with E-state index >= 15 is 0 Å². The number of carbonyl (C=O) groups excluding carboxylic acids is 1. The molecule has 1 atom stereocenters. The molecule has 2 heterocycles. The van der Waals surface area contributed by atoms with Crippen molar-refractivity contribution in [1.29, 1.82) is 0 Å². The second-order valence-corrected chi connectivity index (χ2v) is 8.61. The predicted octanol–water partition coefficient (Wildman–Crippen LogP) is 3.22. The Balaban J connectivity index is 1.43. The summed E-state index contributed by atoms with van der Waals surface area (Å²) in [5, 5.41) is 3.16. The first-order valence-corrected chi connectivity index (χ1v) is 10.8. The van der Waals surface area contributed by atoms with Gasteiger partial charge >= 0.3 is 0 Å². The Kier molecular flexibility index (Phi) is 7.31. The van der Waals surface area contributed by atoms with Gasteiger partial charge in [0.2, 0.25) is 5.91 Å². The number of rotatable bonds is 7. The normalized spacial score (nSPS) is 21.5. The molecule has 0 spiro atoms. The molecule has 27 heavy (non-hydrogen) atoms. The van der Waals surface area contributed by atoms with Crippen molar-refractivity contribution in [3.8, 4) is 0 Å². The molecule has 4 heteroatoms. The van der Waals surface area contributed by atoms with Gasteiger partial charge < -0.3 is 10.2 Å². The van der Waals surface area contributed by atoms with Gasteiger partial charge in [-0.3, -0.25) is 9.69 Å². The summed E-state index contributed by atoms with van der Waals surface area (Å²) in [5.74, 6) is 0.183. The van der Waals surface area contributed by atoms with Crippen LogP contribution in [0.1, 0.15) is 54.4 Å². The number of carbonyl (C=O) groups is 1. The van der Waals surface area contributed by atoms with E-state index in [0.29, 0.717) is 12.6 Å². The van der Waals surface area contributed by atoms with Gasteiger partial charge in [0.15, 0.2) is 0 Å². The Morgan fingerprint density at radius 2 is 1.74 bits per heavy atom. The Morgan fingerprint density at radius 3 is 2.44 bits per heavy atom. The van der Waals surface area contributed by atoms with E-state index in [2.05, 4.69) is 48.0 Å². The molecule has 1 aromatic carbocycles. The summed E-state index contributed by atoms with van der Waals surface area (Å²) >= 11 is 0. The third-order valence-electron chi connectivity index (χ3n) is 6.30. The van der Waals surface area contributed by atoms with Crippen LogP contribution in [-0.2, 0) is 11.2 Å². The molecule has 0 saturated carbocycles. The standard InChI is InChI=1S/C23H37N3O/c1-18-14-19(2)22(20(3)15-18)9-10-24-23(27)17-26-13-7-8-21(26)16-25-11-5-4-6-12-25/h14-15,21H,4-13,16-17H2,1-3H3,(H,24,27). The number of hydrogen-bond donors (Lipinski definition) is 1. The van der Waals surface area contributed by atoms with Crippen molar-refractivity contribution in [2.24, 2.45) is 0 Å². The molecule has 0 aliphatic carbocycles. The highest BCUT2D eigenvalue weighted by Crippen LogP contribution is 2.20. The van der Waals surface area contributed by atoms with Crippen LogP contribution in [0.25, 0.3) is 0 Å². The highest BCUT2D eigenvalue weighted by molar-refractivity contribution is 5.78. The molecule has 1 N–H and O–H groups in total. The third-order valence-corrected chi connectivity index (χ3v) is 6.30. The molecular formula is C23H37N3O. The molecule has 150 valence electrons. The van der Waals surface area contributed by atoms with E-state index in [1.807, 2.05) is 0 Å². The number of likely N-dealkylation sites (tertiary alicyclic amines) is 2. The Labute approximate surface area is 165 Å². The number of nitrogens with one attached hydrogen (secondary N) is 1. The first-order valence-electron chi connectivity index (χ1n) is 10.8. The molecule has 0 radical (unpaired) electrons. The fraction of sp³-hybridized carbons (Fsp3) is 0.696. The fourth-order valence-corrected chi connectivity index (χ4v) is 4.92. The SMILES string of the molecule is Cc1cc(C)c(CCNC(=O)CN2CCCC2CN2CCCCC2)c(C)c1. The average molecular weight is 372 g/mol. The number of hydrogen-bond acceptors (Lipinski definition) is 3. The molecule has 1 unspecified atom stereocenters. The average Bonchev–Trinajstić information content (AvgIpc) is 3.04. The van der Waals surface area contributed by atoms with E-state index in [4.69, 9.17) is 0 Å². The Hall–Kier alpha value is -1.39. The van der Waals surface area contributed by atoms with E-state index in [9.17, 15) is 4.79 Å². The van der Waals surface area contributed by atoms with Gasteiger partial charge in [-0.25, -0.2) is 0 Å². The van der Waals surface area contributed by atoms with Gasteiger partial charge in [0.1, 0.15) is 0 Å². The Morgan fingerprint density at radius 1 is 1.04 bits per heavy atom. The molecule has 1 amide bonds. The van der Waals surface area contributed by atoms with Crippen LogP contribution in [0.3, 0.4) is 0 Å². The molecule has 4 nitrogen and oxygen atoms in total. The molecule has 2 aliphatic rings. The lowest BCUT2D eigenvalue weighted by molar-refractivity contribution is -0.122. The maximum absolute atomic E-state index is 12.5. The summed E-state index contributed by atoms with van der Waals surface area (Å²) < 4.78 is 0. The minimum atomic E-state index is 0.183. The van der Waals surface area contributed by atoms with Crippen LogP contribution in [-0.4, -0.2) is 61.0 Å². The summed E-state index contributed by atoms with van der Waals surface area (Å²) in [4.78, 5) is 17.5. The maximum atomic E-state index is 12.5. The van der Waals surface area contributed by atoms with Crippen molar-refractivity contribution in [2.45, 2.75) is 65.3 Å². The summed E-state index contributed by atoms with van der Waals surface area (Å²) in [6.45, 7) is 12.5. The molecular weight excluding hydrogens is 334 g/mol. The number of nitrogens with zero attached hydrogens (tertiary/aromatic N) is 2. The van der Waals surface area contributed by atoms with Gasteiger partial charge in [0, 0.05) is 19.1 Å². The summed E-state index contributed by atoms with van der Waals surface area (Å²) in [7, 11) is 0. The Bertz CT molecular complexity index is 614. The zero-order valence-corrected chi connectivity index (χ0v) is 17.5. The molecule has 2 saturated heterocycles. The predicted molar refractivity (Wildman–Crippen MR) is 112 cm³/mol. The van der Waals surface area contributed by atoms with Gasteiger partial charge in [-0.1, -0.05) is 24.1 Å². The van der Waals surface area contributed by atoms with Crippen LogP contribution in [0, 0.1) is 20.8 Å². The smallest absolute Gasteiger partial charge is 0.234 e. The fourth-order valence-electron chi connectivity index (χ4n) is 4.92. The lowest BCUT2D eigenvalue weighted by Crippen LogP contribution is -2.46. The number of amides is 1. The van der Waals surface area contributed by atoms with Gasteiger partial charge in [0.25, 0.3) is 0 Å². The van der Waals surface area contributed by atoms with Crippen molar-refractivity contribution < 1.29 is 4.79 Å². The second kappa shape index (κ2) is 9.70. The lowest BCUT2D eigenvalue weighted by atomic mass is 9.97.